The van der Waals surface area contributed by atoms with Gasteiger partial charge in [0.2, 0.25) is 0 Å². The Morgan fingerprint density at radius 1 is 1.23 bits per heavy atom. The summed E-state index contributed by atoms with van der Waals surface area (Å²) in [4.78, 5) is 18.8. The largest absolute Gasteiger partial charge is 0.484 e. The summed E-state index contributed by atoms with van der Waals surface area (Å²) in [6.07, 6.45) is 0. The number of hydrogen-bond donors (Lipinski definition) is 0. The number of nitriles is 1. The number of aryl methyl sites for hydroxylation is 1. The van der Waals surface area contributed by atoms with Crippen LogP contribution >= 0.6 is 33.9 Å². The number of nitrogens with zero attached hydrogens (tertiary/aromatic N) is 3. The summed E-state index contributed by atoms with van der Waals surface area (Å²) in [5, 5.41) is 11.4. The van der Waals surface area contributed by atoms with E-state index in [1.54, 1.807) is 24.3 Å². The molecule has 0 saturated carbocycles. The molecular weight excluding hydrogens is 461 g/mol. The summed E-state index contributed by atoms with van der Waals surface area (Å²) in [7, 11) is 0. The van der Waals surface area contributed by atoms with Crippen LogP contribution in [0.5, 0.6) is 5.75 Å². The highest BCUT2D eigenvalue weighted by Crippen LogP contribution is 2.29. The van der Waals surface area contributed by atoms with Crippen LogP contribution in [0.25, 0.3) is 0 Å². The molecule has 0 aliphatic carbocycles. The van der Waals surface area contributed by atoms with Crippen molar-refractivity contribution in [3.63, 3.8) is 0 Å². The number of aromatic nitrogens is 1. The third-order valence-electron chi connectivity index (χ3n) is 3.48. The average Bonchev–Trinajstić information content (AvgIpc) is 3.08. The topological polar surface area (TPSA) is 66.2 Å². The van der Waals surface area contributed by atoms with E-state index in [4.69, 9.17) is 10.00 Å². The standard InChI is InChI=1S/C19H14IN3O2S/c1-13-12-26-19(22-13)23(16-6-2-14(10-21)3-7-16)18(24)11-25-17-8-4-15(20)5-9-17/h2-9,12H,11H2,1H3. The van der Waals surface area contributed by atoms with Crippen LogP contribution in [0.2, 0.25) is 0 Å². The van der Waals surface area contributed by atoms with Gasteiger partial charge in [-0.1, -0.05) is 0 Å². The van der Waals surface area contributed by atoms with Gasteiger partial charge in [-0.2, -0.15) is 5.26 Å². The third kappa shape index (κ3) is 4.39. The zero-order valence-electron chi connectivity index (χ0n) is 13.8. The molecule has 26 heavy (non-hydrogen) atoms. The fourth-order valence-corrected chi connectivity index (χ4v) is 3.43. The first-order valence-electron chi connectivity index (χ1n) is 7.70. The van der Waals surface area contributed by atoms with Crippen LogP contribution in [0.15, 0.2) is 53.9 Å². The van der Waals surface area contributed by atoms with Crippen LogP contribution in [0.4, 0.5) is 10.8 Å². The minimum absolute atomic E-state index is 0.112. The second-order valence-electron chi connectivity index (χ2n) is 5.40. The number of hydrogen-bond acceptors (Lipinski definition) is 5. The SMILES string of the molecule is Cc1csc(N(C(=O)COc2ccc(I)cc2)c2ccc(C#N)cc2)n1. The Morgan fingerprint density at radius 3 is 2.50 bits per heavy atom. The number of thiazole rings is 1. The lowest BCUT2D eigenvalue weighted by atomic mass is 10.2. The van der Waals surface area contributed by atoms with Crippen molar-refractivity contribution >= 4 is 50.7 Å². The van der Waals surface area contributed by atoms with E-state index in [1.807, 2.05) is 36.6 Å². The van der Waals surface area contributed by atoms with Gasteiger partial charge >= 0.3 is 0 Å². The fourth-order valence-electron chi connectivity index (χ4n) is 2.23. The molecule has 5 nitrogen and oxygen atoms in total. The first-order chi connectivity index (χ1) is 12.6. The van der Waals surface area contributed by atoms with Crippen molar-refractivity contribution in [1.29, 1.82) is 5.26 Å². The van der Waals surface area contributed by atoms with E-state index in [2.05, 4.69) is 33.6 Å². The molecule has 3 aromatic rings. The van der Waals surface area contributed by atoms with E-state index in [0.29, 0.717) is 22.1 Å². The molecule has 0 aliphatic rings. The van der Waals surface area contributed by atoms with Gasteiger partial charge in [-0.25, -0.2) is 4.98 Å². The Labute approximate surface area is 169 Å². The maximum Gasteiger partial charge on any atom is 0.271 e. The van der Waals surface area contributed by atoms with Crippen LogP contribution in [0, 0.1) is 21.8 Å². The Hall–Kier alpha value is -2.44. The number of ether oxygens (including phenoxy) is 1. The normalized spacial score (nSPS) is 10.2. The van der Waals surface area contributed by atoms with E-state index in [0.717, 1.165) is 9.26 Å². The number of amides is 1. The quantitative estimate of drug-likeness (QED) is 0.503. The van der Waals surface area contributed by atoms with E-state index in [1.165, 1.54) is 16.2 Å². The van der Waals surface area contributed by atoms with Crippen LogP contribution in [0.3, 0.4) is 0 Å². The molecule has 0 atom stereocenters. The van der Waals surface area contributed by atoms with Crippen molar-refractivity contribution in [3.05, 3.63) is 68.7 Å². The van der Waals surface area contributed by atoms with Crippen molar-refractivity contribution in [3.8, 4) is 11.8 Å². The highest BCUT2D eigenvalue weighted by Gasteiger charge is 2.21. The van der Waals surface area contributed by atoms with Gasteiger partial charge in [0.05, 0.1) is 23.0 Å². The predicted molar refractivity (Wildman–Crippen MR) is 110 cm³/mol. The van der Waals surface area contributed by atoms with Crippen LogP contribution in [-0.2, 0) is 4.79 Å². The molecule has 0 spiro atoms. The molecule has 0 aliphatic heterocycles. The van der Waals surface area contributed by atoms with Crippen LogP contribution in [0.1, 0.15) is 11.3 Å². The highest BCUT2D eigenvalue weighted by atomic mass is 127. The molecular formula is C19H14IN3O2S. The first kappa shape index (κ1) is 18.4. The Morgan fingerprint density at radius 2 is 1.92 bits per heavy atom. The zero-order valence-corrected chi connectivity index (χ0v) is 16.8. The summed E-state index contributed by atoms with van der Waals surface area (Å²) in [5.41, 5.74) is 2.02. The second-order valence-corrected chi connectivity index (χ2v) is 7.48. The third-order valence-corrected chi connectivity index (χ3v) is 5.14. The van der Waals surface area contributed by atoms with Gasteiger partial charge < -0.3 is 4.74 Å². The summed E-state index contributed by atoms with van der Waals surface area (Å²) in [6.45, 7) is 1.77. The minimum Gasteiger partial charge on any atom is -0.484 e. The van der Waals surface area contributed by atoms with Crippen LogP contribution < -0.4 is 9.64 Å². The Balaban J connectivity index is 1.83. The molecule has 7 heteroatoms. The lowest BCUT2D eigenvalue weighted by Gasteiger charge is -2.20. The zero-order chi connectivity index (χ0) is 18.5. The van der Waals surface area contributed by atoms with Crippen molar-refractivity contribution in [2.24, 2.45) is 0 Å². The number of carbonyl (C=O) groups is 1. The number of carbonyl (C=O) groups excluding carboxylic acids is 1. The number of rotatable bonds is 5. The number of halogens is 1. The molecule has 130 valence electrons. The van der Waals surface area contributed by atoms with Crippen molar-refractivity contribution < 1.29 is 9.53 Å². The minimum atomic E-state index is -0.234. The summed E-state index contributed by atoms with van der Waals surface area (Å²) in [5.74, 6) is 0.400. The molecule has 1 aromatic heterocycles. The second kappa shape index (κ2) is 8.29. The Kier molecular flexibility index (Phi) is 5.85. The van der Waals surface area contributed by atoms with Gasteiger partial charge in [-0.05, 0) is 78.0 Å². The molecule has 1 amide bonds. The van der Waals surface area contributed by atoms with E-state index in [9.17, 15) is 4.79 Å². The summed E-state index contributed by atoms with van der Waals surface area (Å²) in [6, 6.07) is 16.4. The van der Waals surface area contributed by atoms with Crippen molar-refractivity contribution in [2.75, 3.05) is 11.5 Å². The summed E-state index contributed by atoms with van der Waals surface area (Å²) < 4.78 is 6.72. The lowest BCUT2D eigenvalue weighted by Crippen LogP contribution is -2.30. The maximum absolute atomic E-state index is 12.8. The number of anilines is 2. The number of benzene rings is 2. The van der Waals surface area contributed by atoms with E-state index < -0.39 is 0 Å². The molecule has 1 heterocycles. The monoisotopic (exact) mass is 475 g/mol. The smallest absolute Gasteiger partial charge is 0.271 e. The molecule has 0 bridgehead atoms. The van der Waals surface area contributed by atoms with E-state index in [-0.39, 0.29) is 12.5 Å². The maximum atomic E-state index is 12.8. The van der Waals surface area contributed by atoms with Gasteiger partial charge in [0.25, 0.3) is 5.91 Å². The molecule has 0 unspecified atom stereocenters. The van der Waals surface area contributed by atoms with Crippen LogP contribution in [-0.4, -0.2) is 17.5 Å². The van der Waals surface area contributed by atoms with Gasteiger partial charge in [0.15, 0.2) is 11.7 Å². The molecule has 0 N–H and O–H groups in total. The average molecular weight is 475 g/mol. The first-order valence-corrected chi connectivity index (χ1v) is 9.66. The van der Waals surface area contributed by atoms with E-state index >= 15 is 0 Å². The molecule has 2 aromatic carbocycles. The molecule has 0 radical (unpaired) electrons. The van der Waals surface area contributed by atoms with Gasteiger partial charge in [-0.15, -0.1) is 11.3 Å². The van der Waals surface area contributed by atoms with Gasteiger partial charge in [-0.3, -0.25) is 9.69 Å². The van der Waals surface area contributed by atoms with Crippen molar-refractivity contribution in [2.45, 2.75) is 6.92 Å². The lowest BCUT2D eigenvalue weighted by molar-refractivity contribution is -0.119. The highest BCUT2D eigenvalue weighted by molar-refractivity contribution is 14.1. The molecule has 0 saturated heterocycles. The Bertz CT molecular complexity index is 946. The van der Waals surface area contributed by atoms with Gasteiger partial charge in [0.1, 0.15) is 5.75 Å². The fraction of sp³-hybridized carbons (Fsp3) is 0.105. The molecule has 3 rings (SSSR count). The summed E-state index contributed by atoms with van der Waals surface area (Å²) >= 11 is 3.60. The van der Waals surface area contributed by atoms with Gasteiger partial charge in [0, 0.05) is 8.95 Å². The predicted octanol–water partition coefficient (Wildman–Crippen LogP) is 4.67. The van der Waals surface area contributed by atoms with Crippen molar-refractivity contribution in [1.82, 2.24) is 4.98 Å². The molecule has 0 fully saturated rings.